The van der Waals surface area contributed by atoms with E-state index in [2.05, 4.69) is 9.47 Å². The minimum Gasteiger partial charge on any atom is -0.439 e. The van der Waals surface area contributed by atoms with Gasteiger partial charge in [-0.3, -0.25) is 60.7 Å². The van der Waals surface area contributed by atoms with Gasteiger partial charge in [0.05, 0.1) is 0 Å². The Morgan fingerprint density at radius 1 is 0.559 bits per heavy atom. The number of ether oxygens (including phenoxy) is 2. The molecule has 0 saturated heterocycles. The monoisotopic (exact) mass is 504 g/mol. The largest absolute Gasteiger partial charge is 0.734 e. The van der Waals surface area contributed by atoms with Crippen LogP contribution in [0.15, 0.2) is 0 Å². The molecule has 0 atom stereocenters. The van der Waals surface area contributed by atoms with Crippen LogP contribution in [-0.2, 0) is 19.1 Å². The molecule has 0 aliphatic heterocycles. The zero-order valence-electron chi connectivity index (χ0n) is 15.8. The molecule has 26 heteroatoms. The van der Waals surface area contributed by atoms with Crippen molar-refractivity contribution in [3.8, 4) is 0 Å². The lowest BCUT2D eigenvalue weighted by Crippen LogP contribution is -2.57. The van der Waals surface area contributed by atoms with Crippen LogP contribution in [0.2, 0.25) is 0 Å². The Morgan fingerprint density at radius 2 is 0.794 bits per heavy atom. The molecule has 0 saturated carbocycles. The van der Waals surface area contributed by atoms with E-state index < -0.39 is 89.4 Å². The summed E-state index contributed by atoms with van der Waals surface area (Å²) in [5.74, 6) is -12.5. The van der Waals surface area contributed by atoms with E-state index in [1.54, 1.807) is 0 Å². The number of rotatable bonds is 15. The lowest BCUT2D eigenvalue weighted by molar-refractivity contribution is -0.970. The maximum absolute atomic E-state index is 11.6. The van der Waals surface area contributed by atoms with E-state index in [1.165, 1.54) is 0 Å². The molecule has 0 fully saturated rings. The summed E-state index contributed by atoms with van der Waals surface area (Å²) < 4.78 is 7.86. The maximum Gasteiger partial charge on any atom is 0.734 e. The minimum absolute atomic E-state index is 0.455. The van der Waals surface area contributed by atoms with Crippen LogP contribution in [0.4, 0.5) is 0 Å². The van der Waals surface area contributed by atoms with Crippen molar-refractivity contribution in [2.45, 2.75) is 11.6 Å². The Morgan fingerprint density at radius 3 is 0.971 bits per heavy atom. The summed E-state index contributed by atoms with van der Waals surface area (Å²) in [5, 5.41) is 73.1. The van der Waals surface area contributed by atoms with Gasteiger partial charge in [-0.15, -0.1) is 5.01 Å². The van der Waals surface area contributed by atoms with E-state index in [0.717, 1.165) is 0 Å². The Bertz CT molecular complexity index is 804. The van der Waals surface area contributed by atoms with Crippen LogP contribution < -0.4 is 0 Å². The number of carbonyl (C=O) groups is 2. The van der Waals surface area contributed by atoms with Crippen LogP contribution >= 0.6 is 0 Å². The molecule has 0 bridgehead atoms. The highest BCUT2D eigenvalue weighted by atomic mass is 16.8. The summed E-state index contributed by atoms with van der Waals surface area (Å²) in [6.07, 6.45) is 0. The molecule has 34 heavy (non-hydrogen) atoms. The molecule has 26 nitrogen and oxygen atoms in total. The van der Waals surface area contributed by atoms with Crippen LogP contribution in [0.5, 0.6) is 0 Å². The highest BCUT2D eigenvalue weighted by molar-refractivity contribution is 5.74. The molecule has 0 N–H and O–H groups in total. The molecular weight excluding hydrogens is 496 g/mol. The number of nitrogens with zero attached hydrogens (tertiary/aromatic N) is 8. The SMILES string of the molecule is O=C(CN(CC(=O)OCC([N+](=O)[O-])([N+](=O)[O-])[N+](=O)[O-])[N+](=O)[O-])OCC([N+](=O)[O-])([N+](=O)[O-])[N+](=O)[O-]. The summed E-state index contributed by atoms with van der Waals surface area (Å²) >= 11 is 0. The van der Waals surface area contributed by atoms with Gasteiger partial charge in [0.2, 0.25) is 0 Å². The molecule has 0 aromatic rings. The molecular formula is C8H8N8O18. The normalized spacial score (nSPS) is 10.9. The Balaban J connectivity index is 5.37. The molecule has 0 spiro atoms. The fraction of sp³-hybridized carbons (Fsp3) is 0.750. The van der Waals surface area contributed by atoms with Crippen molar-refractivity contribution in [2.24, 2.45) is 0 Å². The van der Waals surface area contributed by atoms with Gasteiger partial charge in [0.1, 0.15) is 0 Å². The van der Waals surface area contributed by atoms with Crippen LogP contribution in [0, 0.1) is 70.8 Å². The fourth-order valence-corrected chi connectivity index (χ4v) is 1.63. The topological polar surface area (TPSA) is 358 Å². The number of hydrazine groups is 1. The van der Waals surface area contributed by atoms with E-state index in [9.17, 15) is 80.4 Å². The first-order valence-electron chi connectivity index (χ1n) is 7.54. The van der Waals surface area contributed by atoms with Gasteiger partial charge >= 0.3 is 36.7 Å². The van der Waals surface area contributed by atoms with Gasteiger partial charge in [0.15, 0.2) is 47.7 Å². The number of hydrogen-bond donors (Lipinski definition) is 0. The standard InChI is InChI=1S/C8H8N8O18/c17-5(33-3-7(10(19)20,11(21)22)12(23)24)1-9(16(31)32)2-6(18)34-4-8(13(25)26,14(27)28)15(29)30/h1-4H2. The molecule has 0 aromatic carbocycles. The van der Waals surface area contributed by atoms with Crippen molar-refractivity contribution < 1.29 is 53.6 Å². The fourth-order valence-electron chi connectivity index (χ4n) is 1.63. The Kier molecular flexibility index (Phi) is 9.00. The lowest BCUT2D eigenvalue weighted by atomic mass is 10.4. The van der Waals surface area contributed by atoms with Crippen LogP contribution in [0.25, 0.3) is 0 Å². The smallest absolute Gasteiger partial charge is 0.439 e. The molecule has 188 valence electrons. The molecule has 0 rings (SSSR count). The number of nitro groups is 7. The van der Waals surface area contributed by atoms with Crippen molar-refractivity contribution in [1.82, 2.24) is 5.01 Å². The van der Waals surface area contributed by atoms with E-state index in [-0.39, 0.29) is 0 Å². The summed E-state index contributed by atoms with van der Waals surface area (Å²) in [4.78, 5) is 86.0. The van der Waals surface area contributed by atoms with Gasteiger partial charge in [-0.2, -0.15) is 0 Å². The van der Waals surface area contributed by atoms with Crippen molar-refractivity contribution >= 4 is 11.9 Å². The van der Waals surface area contributed by atoms with Gasteiger partial charge in [0, 0.05) is 0 Å². The second kappa shape index (κ2) is 10.7. The van der Waals surface area contributed by atoms with E-state index in [4.69, 9.17) is 0 Å². The predicted octanol–water partition coefficient (Wildman–Crippen LogP) is -3.47. The predicted molar refractivity (Wildman–Crippen MR) is 87.9 cm³/mol. The van der Waals surface area contributed by atoms with Crippen LogP contribution in [-0.4, -0.2) is 89.4 Å². The molecule has 0 aromatic heterocycles. The first kappa shape index (κ1) is 28.5. The van der Waals surface area contributed by atoms with Gasteiger partial charge in [-0.05, 0) is 0 Å². The second-order valence-electron chi connectivity index (χ2n) is 5.47. The van der Waals surface area contributed by atoms with Crippen LogP contribution in [0.1, 0.15) is 0 Å². The maximum atomic E-state index is 11.6. The molecule has 0 heterocycles. The molecule has 0 radical (unpaired) electrons. The van der Waals surface area contributed by atoms with E-state index >= 15 is 0 Å². The average molecular weight is 504 g/mol. The summed E-state index contributed by atoms with van der Waals surface area (Å²) in [6.45, 7) is -7.66. The molecule has 0 aliphatic rings. The zero-order chi connectivity index (χ0) is 27.0. The van der Waals surface area contributed by atoms with Crippen molar-refractivity contribution in [3.63, 3.8) is 0 Å². The lowest BCUT2D eigenvalue weighted by Gasteiger charge is -2.14. The van der Waals surface area contributed by atoms with Crippen LogP contribution in [0.3, 0.4) is 0 Å². The average Bonchev–Trinajstić information content (AvgIpc) is 2.66. The van der Waals surface area contributed by atoms with E-state index in [0.29, 0.717) is 0 Å². The Labute approximate surface area is 180 Å². The first-order chi connectivity index (χ1) is 15.5. The molecule has 0 aliphatic carbocycles. The van der Waals surface area contributed by atoms with Gasteiger partial charge in [0.25, 0.3) is 0 Å². The van der Waals surface area contributed by atoms with Crippen molar-refractivity contribution in [3.05, 3.63) is 70.8 Å². The van der Waals surface area contributed by atoms with E-state index in [1.807, 2.05) is 0 Å². The van der Waals surface area contributed by atoms with Gasteiger partial charge in [-0.1, -0.05) is 0 Å². The summed E-state index contributed by atoms with van der Waals surface area (Å²) in [5.41, 5.74) is 0. The molecule has 0 amide bonds. The highest BCUT2D eigenvalue weighted by Crippen LogP contribution is 2.14. The molecule has 0 unspecified atom stereocenters. The quantitative estimate of drug-likeness (QED) is 0.0903. The summed E-state index contributed by atoms with van der Waals surface area (Å²) in [7, 11) is 0. The number of esters is 2. The third kappa shape index (κ3) is 5.82. The third-order valence-electron chi connectivity index (χ3n) is 3.46. The van der Waals surface area contributed by atoms with Gasteiger partial charge in [-0.25, -0.2) is 19.7 Å². The zero-order valence-corrected chi connectivity index (χ0v) is 15.8. The highest BCUT2D eigenvalue weighted by Gasteiger charge is 2.73. The Hall–Kier alpha value is -5.46. The van der Waals surface area contributed by atoms with Crippen molar-refractivity contribution in [2.75, 3.05) is 26.3 Å². The second-order valence-corrected chi connectivity index (χ2v) is 5.47. The number of carbonyl (C=O) groups excluding carboxylic acids is 2. The van der Waals surface area contributed by atoms with Gasteiger partial charge < -0.3 is 9.47 Å². The van der Waals surface area contributed by atoms with Crippen molar-refractivity contribution in [1.29, 1.82) is 0 Å². The summed E-state index contributed by atoms with van der Waals surface area (Å²) in [6, 6.07) is 0. The third-order valence-corrected chi connectivity index (χ3v) is 3.46. The number of hydrogen-bond acceptors (Lipinski definition) is 18. The first-order valence-corrected chi connectivity index (χ1v) is 7.54. The minimum atomic E-state index is -4.27.